The van der Waals surface area contributed by atoms with E-state index in [1.807, 2.05) is 24.8 Å². The molecule has 1 aromatic rings. The summed E-state index contributed by atoms with van der Waals surface area (Å²) in [6.45, 7) is 11.1. The normalized spacial score (nSPS) is 15.6. The molecular weight excluding hydrogens is 349 g/mol. The molecule has 0 saturated carbocycles. The van der Waals surface area contributed by atoms with Crippen molar-refractivity contribution >= 4 is 36.5 Å². The molecule has 1 fully saturated rings. The summed E-state index contributed by atoms with van der Waals surface area (Å²) >= 11 is 0. The minimum atomic E-state index is -0.0800. The highest BCUT2D eigenvalue weighted by molar-refractivity contribution is 5.85. The summed E-state index contributed by atoms with van der Waals surface area (Å²) in [7, 11) is 0. The molecule has 1 atom stereocenters. The van der Waals surface area contributed by atoms with Gasteiger partial charge in [0.2, 0.25) is 5.91 Å². The fourth-order valence-corrected chi connectivity index (χ4v) is 2.58. The number of piperazine rings is 1. The van der Waals surface area contributed by atoms with Crippen LogP contribution in [0.3, 0.4) is 0 Å². The Bertz CT molecular complexity index is 531. The van der Waals surface area contributed by atoms with Crippen molar-refractivity contribution in [3.8, 4) is 0 Å². The number of aromatic nitrogens is 2. The third kappa shape index (κ3) is 6.07. The summed E-state index contributed by atoms with van der Waals surface area (Å²) in [5.41, 5.74) is 6.70. The highest BCUT2D eigenvalue weighted by Gasteiger charge is 2.23. The van der Waals surface area contributed by atoms with Gasteiger partial charge < -0.3 is 15.5 Å². The van der Waals surface area contributed by atoms with Gasteiger partial charge in [-0.2, -0.15) is 0 Å². The fraction of sp³-hybridized carbons (Fsp3) is 0.688. The number of nitrogens with two attached hydrogens (primary N) is 1. The van der Waals surface area contributed by atoms with Crippen LogP contribution in [0.1, 0.15) is 44.6 Å². The summed E-state index contributed by atoms with van der Waals surface area (Å²) in [4.78, 5) is 25.3. The van der Waals surface area contributed by atoms with Gasteiger partial charge in [-0.3, -0.25) is 4.79 Å². The molecule has 0 bridgehead atoms. The molecule has 1 aliphatic heterocycles. The number of carbonyl (C=O) groups is 1. The molecule has 1 aliphatic rings. The Morgan fingerprint density at radius 2 is 1.75 bits per heavy atom. The molecule has 1 unspecified atom stereocenters. The van der Waals surface area contributed by atoms with Crippen LogP contribution in [0.15, 0.2) is 6.07 Å². The van der Waals surface area contributed by atoms with Crippen molar-refractivity contribution in [3.05, 3.63) is 17.6 Å². The van der Waals surface area contributed by atoms with E-state index in [4.69, 9.17) is 5.73 Å². The van der Waals surface area contributed by atoms with E-state index in [0.29, 0.717) is 12.3 Å². The van der Waals surface area contributed by atoms with Crippen LogP contribution < -0.4 is 10.6 Å². The quantitative estimate of drug-likeness (QED) is 0.869. The number of hydrogen-bond donors (Lipinski definition) is 1. The van der Waals surface area contributed by atoms with Crippen molar-refractivity contribution in [1.82, 2.24) is 14.9 Å². The second kappa shape index (κ2) is 10.0. The Kier molecular flexibility index (Phi) is 9.55. The molecule has 2 heterocycles. The monoisotopic (exact) mass is 377 g/mol. The van der Waals surface area contributed by atoms with Gasteiger partial charge in [0, 0.05) is 56.3 Å². The van der Waals surface area contributed by atoms with Crippen LogP contribution >= 0.6 is 24.8 Å². The Labute approximate surface area is 157 Å². The van der Waals surface area contributed by atoms with Crippen molar-refractivity contribution in [2.24, 2.45) is 5.73 Å². The van der Waals surface area contributed by atoms with Gasteiger partial charge in [0.1, 0.15) is 11.6 Å². The first-order chi connectivity index (χ1) is 10.4. The number of halogens is 2. The van der Waals surface area contributed by atoms with E-state index in [1.165, 1.54) is 0 Å². The van der Waals surface area contributed by atoms with E-state index in [0.717, 1.165) is 43.5 Å². The van der Waals surface area contributed by atoms with Crippen molar-refractivity contribution in [2.75, 3.05) is 31.1 Å². The van der Waals surface area contributed by atoms with Gasteiger partial charge in [0.05, 0.1) is 0 Å². The molecule has 24 heavy (non-hydrogen) atoms. The van der Waals surface area contributed by atoms with E-state index < -0.39 is 0 Å². The van der Waals surface area contributed by atoms with Crippen LogP contribution in [-0.4, -0.2) is 53.0 Å². The SMILES string of the molecule is Cc1cc(N2CCN(C(=O)CC(C)N)CC2)nc(C(C)C)n1.Cl.Cl. The van der Waals surface area contributed by atoms with Crippen LogP contribution in [0.5, 0.6) is 0 Å². The zero-order valence-corrected chi connectivity index (χ0v) is 16.5. The van der Waals surface area contributed by atoms with Crippen LogP contribution in [0.2, 0.25) is 0 Å². The molecule has 0 aliphatic carbocycles. The Morgan fingerprint density at radius 1 is 1.17 bits per heavy atom. The number of anilines is 1. The van der Waals surface area contributed by atoms with Gasteiger partial charge in [-0.1, -0.05) is 13.8 Å². The Hall–Kier alpha value is -1.11. The highest BCUT2D eigenvalue weighted by Crippen LogP contribution is 2.18. The third-order valence-electron chi connectivity index (χ3n) is 3.83. The van der Waals surface area contributed by atoms with Crippen molar-refractivity contribution in [1.29, 1.82) is 0 Å². The lowest BCUT2D eigenvalue weighted by Crippen LogP contribution is -2.49. The smallest absolute Gasteiger partial charge is 0.224 e. The van der Waals surface area contributed by atoms with E-state index in [-0.39, 0.29) is 36.8 Å². The van der Waals surface area contributed by atoms with Gasteiger partial charge in [-0.25, -0.2) is 9.97 Å². The molecule has 1 aromatic heterocycles. The molecule has 8 heteroatoms. The fourth-order valence-electron chi connectivity index (χ4n) is 2.58. The second-order valence-electron chi connectivity index (χ2n) is 6.43. The lowest BCUT2D eigenvalue weighted by Gasteiger charge is -2.36. The highest BCUT2D eigenvalue weighted by atomic mass is 35.5. The molecule has 2 N–H and O–H groups in total. The lowest BCUT2D eigenvalue weighted by atomic mass is 10.2. The topological polar surface area (TPSA) is 75.3 Å². The van der Waals surface area contributed by atoms with E-state index in [9.17, 15) is 4.79 Å². The maximum Gasteiger partial charge on any atom is 0.224 e. The zero-order valence-electron chi connectivity index (χ0n) is 14.9. The number of nitrogens with zero attached hydrogens (tertiary/aromatic N) is 4. The molecule has 138 valence electrons. The summed E-state index contributed by atoms with van der Waals surface area (Å²) < 4.78 is 0. The maximum atomic E-state index is 12.1. The van der Waals surface area contributed by atoms with Crippen molar-refractivity contribution in [2.45, 2.75) is 46.1 Å². The largest absolute Gasteiger partial charge is 0.353 e. The first-order valence-corrected chi connectivity index (χ1v) is 8.00. The Morgan fingerprint density at radius 3 is 2.25 bits per heavy atom. The Balaban J connectivity index is 0.00000264. The van der Waals surface area contributed by atoms with Crippen LogP contribution in [0, 0.1) is 6.92 Å². The molecule has 1 saturated heterocycles. The standard InChI is InChI=1S/C16H27N5O.2ClH/c1-11(2)16-18-13(4)10-14(19-16)20-5-7-21(8-6-20)15(22)9-12(3)17;;/h10-12H,5-9,17H2,1-4H3;2*1H. The van der Waals surface area contributed by atoms with Gasteiger partial charge in [0.15, 0.2) is 0 Å². The minimum absolute atomic E-state index is 0. The van der Waals surface area contributed by atoms with Crippen LogP contribution in [-0.2, 0) is 4.79 Å². The predicted octanol–water partition coefficient (Wildman–Crippen LogP) is 2.14. The van der Waals surface area contributed by atoms with Gasteiger partial charge >= 0.3 is 0 Å². The predicted molar refractivity (Wildman–Crippen MR) is 102 cm³/mol. The average Bonchev–Trinajstić information content (AvgIpc) is 2.46. The van der Waals surface area contributed by atoms with E-state index in [1.54, 1.807) is 0 Å². The average molecular weight is 378 g/mol. The number of carbonyl (C=O) groups excluding carboxylic acids is 1. The maximum absolute atomic E-state index is 12.1. The number of rotatable bonds is 4. The van der Waals surface area contributed by atoms with E-state index >= 15 is 0 Å². The summed E-state index contributed by atoms with van der Waals surface area (Å²) in [6.07, 6.45) is 0.421. The van der Waals surface area contributed by atoms with Crippen LogP contribution in [0.25, 0.3) is 0 Å². The van der Waals surface area contributed by atoms with Gasteiger partial charge in [0.25, 0.3) is 0 Å². The molecule has 0 radical (unpaired) electrons. The summed E-state index contributed by atoms with van der Waals surface area (Å²) in [5, 5.41) is 0. The first kappa shape index (κ1) is 22.9. The minimum Gasteiger partial charge on any atom is -0.353 e. The van der Waals surface area contributed by atoms with E-state index in [2.05, 4.69) is 28.7 Å². The second-order valence-corrected chi connectivity index (χ2v) is 6.43. The van der Waals surface area contributed by atoms with Crippen molar-refractivity contribution < 1.29 is 4.79 Å². The third-order valence-corrected chi connectivity index (χ3v) is 3.83. The van der Waals surface area contributed by atoms with Gasteiger partial charge in [-0.15, -0.1) is 24.8 Å². The molecule has 0 aromatic carbocycles. The van der Waals surface area contributed by atoms with Crippen molar-refractivity contribution in [3.63, 3.8) is 0 Å². The number of amides is 1. The lowest BCUT2D eigenvalue weighted by molar-refractivity contribution is -0.131. The molecular formula is C16H29Cl2N5O. The zero-order chi connectivity index (χ0) is 16.3. The summed E-state index contributed by atoms with van der Waals surface area (Å²) in [5.74, 6) is 2.31. The van der Waals surface area contributed by atoms with Gasteiger partial charge in [-0.05, 0) is 13.8 Å². The number of aryl methyl sites for hydroxylation is 1. The molecule has 1 amide bonds. The van der Waals surface area contributed by atoms with Crippen LogP contribution in [0.4, 0.5) is 5.82 Å². The molecule has 2 rings (SSSR count). The summed E-state index contributed by atoms with van der Waals surface area (Å²) in [6, 6.07) is 1.94. The number of hydrogen-bond acceptors (Lipinski definition) is 5. The molecule has 6 nitrogen and oxygen atoms in total. The first-order valence-electron chi connectivity index (χ1n) is 8.00. The molecule has 0 spiro atoms.